The quantitative estimate of drug-likeness (QED) is 0.733. The van der Waals surface area contributed by atoms with E-state index in [0.717, 1.165) is 6.42 Å². The van der Waals surface area contributed by atoms with Crippen LogP contribution in [0.2, 0.25) is 0 Å². The molecule has 1 aliphatic rings. The van der Waals surface area contributed by atoms with Crippen LogP contribution in [0.3, 0.4) is 0 Å². The third-order valence-electron chi connectivity index (χ3n) is 2.90. The molecular formula is C13H24O5. The molecule has 106 valence electrons. The molecule has 5 heteroatoms. The van der Waals surface area contributed by atoms with E-state index in [1.54, 1.807) is 0 Å². The van der Waals surface area contributed by atoms with Gasteiger partial charge in [-0.2, -0.15) is 0 Å². The van der Waals surface area contributed by atoms with E-state index in [-0.39, 0.29) is 24.6 Å². The fourth-order valence-electron chi connectivity index (χ4n) is 2.03. The monoisotopic (exact) mass is 260 g/mol. The second kappa shape index (κ2) is 6.50. The Bertz CT molecular complexity index is 263. The largest absolute Gasteiger partial charge is 0.460 e. The van der Waals surface area contributed by atoms with Gasteiger partial charge in [0.05, 0.1) is 25.7 Å². The molecule has 0 aliphatic carbocycles. The van der Waals surface area contributed by atoms with Crippen molar-refractivity contribution < 1.29 is 24.5 Å². The summed E-state index contributed by atoms with van der Waals surface area (Å²) in [6.07, 6.45) is 0.674. The van der Waals surface area contributed by atoms with Gasteiger partial charge in [-0.05, 0) is 39.5 Å². The van der Waals surface area contributed by atoms with Crippen LogP contribution in [0.1, 0.15) is 40.0 Å². The van der Waals surface area contributed by atoms with Crippen molar-refractivity contribution in [3.8, 4) is 0 Å². The standard InChI is InChI=1S/C13H24O5/c1-13(2,3)18-12(16)6-9-4-5-11(17-8-9)10(15)7-14/h9-11,14-15H,4-8H2,1-3H3/t9-,10?,11-/m0/s1. The smallest absolute Gasteiger partial charge is 0.306 e. The topological polar surface area (TPSA) is 76.0 Å². The Hall–Kier alpha value is -0.650. The third-order valence-corrected chi connectivity index (χ3v) is 2.90. The zero-order valence-corrected chi connectivity index (χ0v) is 11.4. The molecule has 0 spiro atoms. The summed E-state index contributed by atoms with van der Waals surface area (Å²) < 4.78 is 10.7. The van der Waals surface area contributed by atoms with Gasteiger partial charge in [0.25, 0.3) is 0 Å². The van der Waals surface area contributed by atoms with Crippen LogP contribution in [-0.2, 0) is 14.3 Å². The minimum absolute atomic E-state index is 0.141. The molecule has 0 radical (unpaired) electrons. The zero-order chi connectivity index (χ0) is 13.8. The average molecular weight is 260 g/mol. The maximum atomic E-state index is 11.6. The molecule has 0 saturated carbocycles. The Morgan fingerprint density at radius 1 is 1.44 bits per heavy atom. The number of hydrogen-bond acceptors (Lipinski definition) is 5. The van der Waals surface area contributed by atoms with Crippen LogP contribution in [0.15, 0.2) is 0 Å². The van der Waals surface area contributed by atoms with Crippen LogP contribution < -0.4 is 0 Å². The fraction of sp³-hybridized carbons (Fsp3) is 0.923. The first kappa shape index (κ1) is 15.4. The van der Waals surface area contributed by atoms with Gasteiger partial charge in [-0.3, -0.25) is 4.79 Å². The summed E-state index contributed by atoms with van der Waals surface area (Å²) in [5, 5.41) is 18.3. The number of esters is 1. The molecule has 1 aliphatic heterocycles. The van der Waals surface area contributed by atoms with E-state index in [0.29, 0.717) is 19.4 Å². The van der Waals surface area contributed by atoms with Crippen molar-refractivity contribution in [3.63, 3.8) is 0 Å². The first-order chi connectivity index (χ1) is 8.31. The van der Waals surface area contributed by atoms with E-state index >= 15 is 0 Å². The van der Waals surface area contributed by atoms with E-state index in [1.165, 1.54) is 0 Å². The minimum Gasteiger partial charge on any atom is -0.460 e. The SMILES string of the molecule is CC(C)(C)OC(=O)C[C@@H]1CC[C@@H](C(O)CO)OC1. The van der Waals surface area contributed by atoms with E-state index in [2.05, 4.69) is 0 Å². The molecule has 5 nitrogen and oxygen atoms in total. The minimum atomic E-state index is -0.826. The summed E-state index contributed by atoms with van der Waals surface area (Å²) in [7, 11) is 0. The van der Waals surface area contributed by atoms with Crippen molar-refractivity contribution in [1.29, 1.82) is 0 Å². The van der Waals surface area contributed by atoms with Gasteiger partial charge in [-0.15, -0.1) is 0 Å². The zero-order valence-electron chi connectivity index (χ0n) is 11.4. The second-order valence-electron chi connectivity index (χ2n) is 5.86. The molecule has 1 rings (SSSR count). The van der Waals surface area contributed by atoms with Crippen molar-refractivity contribution in [2.45, 2.75) is 57.8 Å². The first-order valence-electron chi connectivity index (χ1n) is 6.44. The number of aliphatic hydroxyl groups excluding tert-OH is 2. The molecule has 1 fully saturated rings. The van der Waals surface area contributed by atoms with E-state index in [9.17, 15) is 9.90 Å². The highest BCUT2D eigenvalue weighted by molar-refractivity contribution is 5.70. The molecule has 1 saturated heterocycles. The maximum Gasteiger partial charge on any atom is 0.306 e. The van der Waals surface area contributed by atoms with Crippen LogP contribution in [0.4, 0.5) is 0 Å². The predicted octanol–water partition coefficient (Wildman–Crippen LogP) is 0.867. The molecule has 0 aromatic rings. The predicted molar refractivity (Wildman–Crippen MR) is 66.0 cm³/mol. The van der Waals surface area contributed by atoms with Gasteiger partial charge in [-0.1, -0.05) is 0 Å². The van der Waals surface area contributed by atoms with E-state index in [1.807, 2.05) is 20.8 Å². The number of ether oxygens (including phenoxy) is 2. The Balaban J connectivity index is 2.29. The van der Waals surface area contributed by atoms with Gasteiger partial charge in [0, 0.05) is 0 Å². The molecule has 0 aromatic carbocycles. The number of hydrogen-bond donors (Lipinski definition) is 2. The van der Waals surface area contributed by atoms with Crippen LogP contribution in [0.5, 0.6) is 0 Å². The number of carbonyl (C=O) groups excluding carboxylic acids is 1. The Morgan fingerprint density at radius 2 is 2.11 bits per heavy atom. The van der Waals surface area contributed by atoms with Gasteiger partial charge in [0.15, 0.2) is 0 Å². The normalized spacial score (nSPS) is 26.7. The van der Waals surface area contributed by atoms with Gasteiger partial charge >= 0.3 is 5.97 Å². The fourth-order valence-corrected chi connectivity index (χ4v) is 2.03. The van der Waals surface area contributed by atoms with Crippen molar-refractivity contribution in [3.05, 3.63) is 0 Å². The number of aliphatic hydroxyl groups is 2. The Morgan fingerprint density at radius 3 is 2.56 bits per heavy atom. The van der Waals surface area contributed by atoms with Gasteiger partial charge in [-0.25, -0.2) is 0 Å². The van der Waals surface area contributed by atoms with Crippen molar-refractivity contribution in [1.82, 2.24) is 0 Å². The van der Waals surface area contributed by atoms with Gasteiger partial charge in [0.1, 0.15) is 11.7 Å². The van der Waals surface area contributed by atoms with Crippen molar-refractivity contribution >= 4 is 5.97 Å². The highest BCUT2D eigenvalue weighted by Crippen LogP contribution is 2.24. The molecule has 0 amide bonds. The summed E-state index contributed by atoms with van der Waals surface area (Å²) in [5.74, 6) is -0.0701. The lowest BCUT2D eigenvalue weighted by atomic mass is 9.93. The molecule has 0 bridgehead atoms. The van der Waals surface area contributed by atoms with Crippen LogP contribution in [-0.4, -0.2) is 47.2 Å². The second-order valence-corrected chi connectivity index (χ2v) is 5.86. The molecular weight excluding hydrogens is 236 g/mol. The van der Waals surface area contributed by atoms with Crippen molar-refractivity contribution in [2.75, 3.05) is 13.2 Å². The molecule has 1 unspecified atom stereocenters. The third kappa shape index (κ3) is 5.33. The van der Waals surface area contributed by atoms with E-state index in [4.69, 9.17) is 14.6 Å². The highest BCUT2D eigenvalue weighted by atomic mass is 16.6. The number of carbonyl (C=O) groups is 1. The van der Waals surface area contributed by atoms with Crippen LogP contribution >= 0.6 is 0 Å². The number of rotatable bonds is 4. The van der Waals surface area contributed by atoms with Gasteiger partial charge in [0.2, 0.25) is 0 Å². The summed E-state index contributed by atoms with van der Waals surface area (Å²) in [6.45, 7) is 5.67. The first-order valence-corrected chi connectivity index (χ1v) is 6.44. The lowest BCUT2D eigenvalue weighted by Crippen LogP contribution is -2.38. The maximum absolute atomic E-state index is 11.6. The summed E-state index contributed by atoms with van der Waals surface area (Å²) >= 11 is 0. The lowest BCUT2D eigenvalue weighted by Gasteiger charge is -2.31. The Kier molecular flexibility index (Phi) is 5.56. The molecule has 2 N–H and O–H groups in total. The molecule has 3 atom stereocenters. The van der Waals surface area contributed by atoms with Crippen molar-refractivity contribution in [2.24, 2.45) is 5.92 Å². The Labute approximate surface area is 108 Å². The van der Waals surface area contributed by atoms with Crippen LogP contribution in [0.25, 0.3) is 0 Å². The van der Waals surface area contributed by atoms with Gasteiger partial charge < -0.3 is 19.7 Å². The summed E-state index contributed by atoms with van der Waals surface area (Å²) in [6, 6.07) is 0. The summed E-state index contributed by atoms with van der Waals surface area (Å²) in [4.78, 5) is 11.6. The van der Waals surface area contributed by atoms with Crippen LogP contribution in [0, 0.1) is 5.92 Å². The van der Waals surface area contributed by atoms with E-state index < -0.39 is 11.7 Å². The average Bonchev–Trinajstić information content (AvgIpc) is 2.26. The molecule has 18 heavy (non-hydrogen) atoms. The lowest BCUT2D eigenvalue weighted by molar-refractivity contribution is -0.158. The summed E-state index contributed by atoms with van der Waals surface area (Å²) in [5.41, 5.74) is -0.456. The molecule has 0 aromatic heterocycles. The molecule has 1 heterocycles. The highest BCUT2D eigenvalue weighted by Gasteiger charge is 2.29.